The number of rotatable bonds is 13. The molecule has 0 aliphatic heterocycles. The lowest BCUT2D eigenvalue weighted by atomic mass is 10.1. The van der Waals surface area contributed by atoms with Crippen molar-refractivity contribution in [3.05, 3.63) is 86.8 Å². The van der Waals surface area contributed by atoms with Crippen LogP contribution in [-0.4, -0.2) is 50.4 Å². The highest BCUT2D eigenvalue weighted by atomic mass is 79.9. The first kappa shape index (κ1) is 33.7. The second-order valence-corrected chi connectivity index (χ2v) is 13.3. The molecule has 0 aromatic heterocycles. The summed E-state index contributed by atoms with van der Waals surface area (Å²) in [6.45, 7) is 7.02. The number of nitrogens with zero attached hydrogens (tertiary/aromatic N) is 2. The Balaban J connectivity index is 2.10. The number of amides is 2. The van der Waals surface area contributed by atoms with Crippen molar-refractivity contribution in [1.82, 2.24) is 10.2 Å². The Morgan fingerprint density at radius 2 is 1.55 bits per heavy atom. The van der Waals surface area contributed by atoms with E-state index in [0.717, 1.165) is 4.31 Å². The van der Waals surface area contributed by atoms with Gasteiger partial charge >= 0.3 is 0 Å². The highest BCUT2D eigenvalue weighted by Gasteiger charge is 2.34. The van der Waals surface area contributed by atoms with Crippen LogP contribution in [0.3, 0.4) is 0 Å². The monoisotopic (exact) mass is 697 g/mol. The van der Waals surface area contributed by atoms with Crippen LogP contribution in [0.25, 0.3) is 0 Å². The van der Waals surface area contributed by atoms with Crippen molar-refractivity contribution in [2.45, 2.75) is 57.6 Å². The summed E-state index contributed by atoms with van der Waals surface area (Å²) < 4.78 is 35.2. The van der Waals surface area contributed by atoms with Gasteiger partial charge < -0.3 is 15.0 Å². The van der Waals surface area contributed by atoms with Gasteiger partial charge in [-0.05, 0) is 87.9 Å². The molecular weight excluding hydrogens is 665 g/mol. The van der Waals surface area contributed by atoms with Gasteiger partial charge in [-0.25, -0.2) is 8.42 Å². The van der Waals surface area contributed by atoms with E-state index in [2.05, 4.69) is 21.2 Å². The molecule has 0 bridgehead atoms. The quantitative estimate of drug-likeness (QED) is 0.215. The molecule has 42 heavy (non-hydrogen) atoms. The summed E-state index contributed by atoms with van der Waals surface area (Å²) in [6.07, 6.45) is 0.273. The van der Waals surface area contributed by atoms with Crippen LogP contribution in [0.5, 0.6) is 5.75 Å². The lowest BCUT2D eigenvalue weighted by Gasteiger charge is -2.34. The number of hydrogen-bond donors (Lipinski definition) is 1. The minimum absolute atomic E-state index is 0.00215. The van der Waals surface area contributed by atoms with Crippen molar-refractivity contribution in [3.63, 3.8) is 0 Å². The summed E-state index contributed by atoms with van der Waals surface area (Å²) in [4.78, 5) is 28.8. The van der Waals surface area contributed by atoms with Gasteiger partial charge in [0.15, 0.2) is 0 Å². The van der Waals surface area contributed by atoms with E-state index in [4.69, 9.17) is 27.9 Å². The van der Waals surface area contributed by atoms with Crippen molar-refractivity contribution < 1.29 is 22.7 Å². The Kier molecular flexibility index (Phi) is 12.1. The van der Waals surface area contributed by atoms with E-state index in [1.807, 2.05) is 20.8 Å². The van der Waals surface area contributed by atoms with Gasteiger partial charge in [0.1, 0.15) is 18.3 Å². The van der Waals surface area contributed by atoms with Crippen LogP contribution >= 0.6 is 39.1 Å². The highest BCUT2D eigenvalue weighted by Crippen LogP contribution is 2.30. The molecule has 0 heterocycles. The van der Waals surface area contributed by atoms with Crippen LogP contribution < -0.4 is 14.4 Å². The molecule has 3 aromatic carbocycles. The molecule has 0 fully saturated rings. The van der Waals surface area contributed by atoms with E-state index in [1.54, 1.807) is 61.5 Å². The lowest BCUT2D eigenvalue weighted by molar-refractivity contribution is -0.140. The zero-order valence-corrected chi connectivity index (χ0v) is 27.7. The van der Waals surface area contributed by atoms with Crippen molar-refractivity contribution in [3.8, 4) is 5.75 Å². The van der Waals surface area contributed by atoms with E-state index in [0.29, 0.717) is 32.4 Å². The Morgan fingerprint density at radius 3 is 2.07 bits per heavy atom. The van der Waals surface area contributed by atoms with Gasteiger partial charge in [0.2, 0.25) is 11.8 Å². The van der Waals surface area contributed by atoms with E-state index >= 15 is 0 Å². The largest absolute Gasteiger partial charge is 0.494 e. The zero-order chi connectivity index (χ0) is 31.0. The molecule has 0 radical (unpaired) electrons. The predicted octanol–water partition coefficient (Wildman–Crippen LogP) is 6.68. The van der Waals surface area contributed by atoms with Gasteiger partial charge in [0.05, 0.1) is 17.2 Å². The molecule has 12 heteroatoms. The number of hydrogen-bond acceptors (Lipinski definition) is 5. The van der Waals surface area contributed by atoms with E-state index in [9.17, 15) is 18.0 Å². The van der Waals surface area contributed by atoms with Crippen molar-refractivity contribution >= 4 is 66.7 Å². The van der Waals surface area contributed by atoms with E-state index < -0.39 is 28.5 Å². The average Bonchev–Trinajstić information content (AvgIpc) is 2.93. The van der Waals surface area contributed by atoms with Crippen molar-refractivity contribution in [1.29, 1.82) is 0 Å². The van der Waals surface area contributed by atoms with Gasteiger partial charge in [-0.1, -0.05) is 52.1 Å². The normalized spacial score (nSPS) is 12.1. The summed E-state index contributed by atoms with van der Waals surface area (Å²) in [5, 5.41) is 3.51. The maximum atomic E-state index is 14.2. The fourth-order valence-corrected chi connectivity index (χ4v) is 6.49. The Bertz CT molecular complexity index is 1470. The van der Waals surface area contributed by atoms with E-state index in [-0.39, 0.29) is 35.5 Å². The number of carbonyl (C=O) groups excluding carboxylic acids is 2. The summed E-state index contributed by atoms with van der Waals surface area (Å²) in [7, 11) is -4.21. The summed E-state index contributed by atoms with van der Waals surface area (Å²) in [6, 6.07) is 16.4. The molecule has 0 aliphatic carbocycles. The van der Waals surface area contributed by atoms with Crippen molar-refractivity contribution in [2.75, 3.05) is 17.5 Å². The second kappa shape index (κ2) is 15.1. The maximum Gasteiger partial charge on any atom is 0.264 e. The average molecular weight is 699 g/mol. The number of anilines is 1. The molecule has 0 spiro atoms. The third-order valence-corrected chi connectivity index (χ3v) is 9.35. The third kappa shape index (κ3) is 8.40. The lowest BCUT2D eigenvalue weighted by Crippen LogP contribution is -2.53. The topological polar surface area (TPSA) is 96.0 Å². The van der Waals surface area contributed by atoms with Crippen LogP contribution in [0.2, 0.25) is 10.0 Å². The summed E-state index contributed by atoms with van der Waals surface area (Å²) >= 11 is 16.2. The van der Waals surface area contributed by atoms with Gasteiger partial charge in [0.25, 0.3) is 10.0 Å². The number of sulfonamides is 1. The smallest absolute Gasteiger partial charge is 0.264 e. The van der Waals surface area contributed by atoms with Gasteiger partial charge in [-0.2, -0.15) is 0 Å². The summed E-state index contributed by atoms with van der Waals surface area (Å²) in [5.41, 5.74) is 0.707. The number of benzene rings is 3. The first-order valence-corrected chi connectivity index (χ1v) is 16.4. The van der Waals surface area contributed by atoms with Crippen LogP contribution in [0.15, 0.2) is 76.1 Å². The minimum Gasteiger partial charge on any atom is -0.494 e. The Hall–Kier alpha value is -2.79. The molecule has 2 amide bonds. The molecule has 226 valence electrons. The second-order valence-electron chi connectivity index (χ2n) is 9.70. The minimum atomic E-state index is -4.21. The van der Waals surface area contributed by atoms with Crippen LogP contribution in [0.1, 0.15) is 39.7 Å². The number of ether oxygens (including phenoxy) is 1. The Morgan fingerprint density at radius 1 is 0.952 bits per heavy atom. The number of halogens is 3. The highest BCUT2D eigenvalue weighted by molar-refractivity contribution is 9.10. The van der Waals surface area contributed by atoms with Gasteiger partial charge in [-0.3, -0.25) is 13.9 Å². The summed E-state index contributed by atoms with van der Waals surface area (Å²) in [5.74, 6) is -0.418. The Labute approximate surface area is 266 Å². The predicted molar refractivity (Wildman–Crippen MR) is 171 cm³/mol. The molecular formula is C30H34BrCl2N3O5S. The van der Waals surface area contributed by atoms with Crippen LogP contribution in [-0.2, 0) is 26.2 Å². The molecule has 0 aliphatic rings. The maximum absolute atomic E-state index is 14.2. The molecule has 1 atom stereocenters. The van der Waals surface area contributed by atoms with E-state index in [1.165, 1.54) is 17.0 Å². The van der Waals surface area contributed by atoms with Crippen LogP contribution in [0.4, 0.5) is 5.69 Å². The molecule has 3 rings (SSSR count). The molecule has 1 N–H and O–H groups in total. The molecule has 8 nitrogen and oxygen atoms in total. The number of carbonyl (C=O) groups is 2. The zero-order valence-electron chi connectivity index (χ0n) is 23.8. The molecule has 3 aromatic rings. The standard InChI is InChI=1S/C30H34BrCl2N3O5S/c1-5-28(30(38)34-20(3)4)35(18-25-26(32)8-7-9-27(25)33)29(37)19-36(22-12-14-23(15-13-22)41-6-2)42(39,40)24-16-10-21(31)11-17-24/h7-17,20,28H,5-6,18-19H2,1-4H3,(H,34,38)/t28-/m1/s1. The van der Waals surface area contributed by atoms with Gasteiger partial charge in [-0.15, -0.1) is 0 Å². The number of nitrogens with one attached hydrogen (secondary N) is 1. The SMILES string of the molecule is CCOc1ccc(N(CC(=O)N(Cc2c(Cl)cccc2Cl)[C@H](CC)C(=O)NC(C)C)S(=O)(=O)c2ccc(Br)cc2)cc1. The molecule has 0 unspecified atom stereocenters. The molecule has 0 saturated carbocycles. The van der Waals surface area contributed by atoms with Crippen molar-refractivity contribution in [2.24, 2.45) is 0 Å². The van der Waals surface area contributed by atoms with Crippen LogP contribution in [0, 0.1) is 0 Å². The first-order valence-electron chi connectivity index (χ1n) is 13.4. The fourth-order valence-electron chi connectivity index (χ4n) is 4.29. The van der Waals surface area contributed by atoms with Gasteiger partial charge in [0, 0.05) is 32.7 Å². The fraction of sp³-hybridized carbons (Fsp3) is 0.333. The third-order valence-electron chi connectivity index (χ3n) is 6.32. The molecule has 0 saturated heterocycles. The first-order chi connectivity index (χ1) is 19.9.